The molecule has 4 aromatic rings. The predicted octanol–water partition coefficient (Wildman–Crippen LogP) is 5.00. The van der Waals surface area contributed by atoms with Crippen molar-refractivity contribution in [3.05, 3.63) is 125 Å². The Balaban J connectivity index is 1.64. The number of carbonyl (C=O) groups excluding carboxylic acids is 5. The zero-order valence-electron chi connectivity index (χ0n) is 27.7. The van der Waals surface area contributed by atoms with Crippen LogP contribution in [0.15, 0.2) is 91.0 Å². The fourth-order valence-corrected chi connectivity index (χ4v) is 5.46. The summed E-state index contributed by atoms with van der Waals surface area (Å²) in [5, 5.41) is 0. The molecule has 50 heavy (non-hydrogen) atoms. The lowest BCUT2D eigenvalue weighted by Gasteiger charge is -2.26. The van der Waals surface area contributed by atoms with Gasteiger partial charge < -0.3 is 28.4 Å². The first kappa shape index (κ1) is 35.5. The normalized spacial score (nSPS) is 18.1. The van der Waals surface area contributed by atoms with E-state index in [1.165, 1.54) is 16.7 Å². The number of nitrogens with zero attached hydrogens (tertiary/aromatic N) is 2. The minimum absolute atomic E-state index is 0.179. The summed E-state index contributed by atoms with van der Waals surface area (Å²) in [5.74, 6) is -3.91. The number of methoxy groups -OCH3 is 2. The van der Waals surface area contributed by atoms with E-state index in [4.69, 9.17) is 28.4 Å². The van der Waals surface area contributed by atoms with Gasteiger partial charge in [-0.25, -0.2) is 29.0 Å². The van der Waals surface area contributed by atoms with E-state index >= 15 is 0 Å². The summed E-state index contributed by atoms with van der Waals surface area (Å²) in [5.41, 5.74) is -0.0402. The molecular weight excluding hydrogens is 648 g/mol. The summed E-state index contributed by atoms with van der Waals surface area (Å²) in [7, 11) is 2.27. The molecule has 3 aromatic carbocycles. The van der Waals surface area contributed by atoms with Crippen LogP contribution in [0.2, 0.25) is 0 Å². The number of aryl methyl sites for hydroxylation is 1. The minimum atomic E-state index is -1.46. The molecule has 5 rings (SSSR count). The van der Waals surface area contributed by atoms with Gasteiger partial charge in [0.2, 0.25) is 0 Å². The third-order valence-corrected chi connectivity index (χ3v) is 7.93. The second kappa shape index (κ2) is 16.5. The number of imidazole rings is 1. The van der Waals surface area contributed by atoms with Gasteiger partial charge in [0.15, 0.2) is 29.8 Å². The van der Waals surface area contributed by atoms with Crippen molar-refractivity contribution >= 4 is 29.8 Å². The number of benzene rings is 3. The van der Waals surface area contributed by atoms with Crippen LogP contribution in [-0.4, -0.2) is 78.5 Å². The van der Waals surface area contributed by atoms with Crippen LogP contribution in [0.1, 0.15) is 83.9 Å². The molecular formula is C37H36N2O11. The first-order valence-electron chi connectivity index (χ1n) is 15.9. The van der Waals surface area contributed by atoms with E-state index in [1.807, 2.05) is 6.92 Å². The highest BCUT2D eigenvalue weighted by molar-refractivity contribution is 6.01. The van der Waals surface area contributed by atoms with Crippen LogP contribution in [0.25, 0.3) is 0 Å². The Bertz CT molecular complexity index is 1810. The number of ether oxygens (including phenoxy) is 6. The average molecular weight is 685 g/mol. The molecule has 1 aromatic heterocycles. The van der Waals surface area contributed by atoms with E-state index in [9.17, 15) is 24.0 Å². The Morgan fingerprint density at radius 2 is 1.18 bits per heavy atom. The molecule has 0 spiro atoms. The molecule has 1 fully saturated rings. The van der Waals surface area contributed by atoms with Gasteiger partial charge in [-0.2, -0.15) is 0 Å². The summed E-state index contributed by atoms with van der Waals surface area (Å²) >= 11 is 0. The Morgan fingerprint density at radius 3 is 1.68 bits per heavy atom. The molecule has 0 aliphatic carbocycles. The second-order valence-electron chi connectivity index (χ2n) is 11.2. The van der Waals surface area contributed by atoms with Crippen LogP contribution in [0.3, 0.4) is 0 Å². The molecule has 2 heterocycles. The fourth-order valence-electron chi connectivity index (χ4n) is 5.46. The lowest BCUT2D eigenvalue weighted by molar-refractivity contribution is -0.0641. The van der Waals surface area contributed by atoms with E-state index in [0.29, 0.717) is 6.42 Å². The van der Waals surface area contributed by atoms with Gasteiger partial charge in [-0.15, -0.1) is 0 Å². The molecule has 0 radical (unpaired) electrons. The second-order valence-corrected chi connectivity index (χ2v) is 11.2. The molecule has 0 saturated carbocycles. The number of aromatic nitrogens is 2. The molecule has 13 heteroatoms. The van der Waals surface area contributed by atoms with Gasteiger partial charge in [-0.1, -0.05) is 67.9 Å². The zero-order chi connectivity index (χ0) is 35.6. The van der Waals surface area contributed by atoms with Crippen molar-refractivity contribution in [2.24, 2.45) is 0 Å². The Kier molecular flexibility index (Phi) is 11.7. The number of rotatable bonds is 13. The van der Waals surface area contributed by atoms with E-state index < -0.39 is 61.0 Å². The predicted molar refractivity (Wildman–Crippen MR) is 175 cm³/mol. The fraction of sp³-hybridized carbons (Fsp3) is 0.297. The SMILES string of the molecule is CCCCc1nc(C(=O)OC)c(C(=O)OC)n1[C@@H]1O[C@H](COC(=O)c2ccccc2)[C@@H](OC(=O)c2ccccc2)[C@H]1OC(=O)c1ccccc1. The largest absolute Gasteiger partial charge is 0.464 e. The lowest BCUT2D eigenvalue weighted by Crippen LogP contribution is -2.41. The monoisotopic (exact) mass is 684 g/mol. The molecule has 1 aliphatic rings. The van der Waals surface area contributed by atoms with E-state index in [2.05, 4.69) is 4.98 Å². The summed E-state index contributed by atoms with van der Waals surface area (Å²) in [6, 6.07) is 24.4. The zero-order valence-corrected chi connectivity index (χ0v) is 27.7. The number of esters is 5. The van der Waals surface area contributed by atoms with Crippen LogP contribution in [-0.2, 0) is 34.8 Å². The number of unbranched alkanes of at least 4 members (excludes halogenated alkanes) is 1. The van der Waals surface area contributed by atoms with E-state index in [0.717, 1.165) is 20.6 Å². The van der Waals surface area contributed by atoms with Gasteiger partial charge in [0.1, 0.15) is 18.5 Å². The maximum absolute atomic E-state index is 13.6. The van der Waals surface area contributed by atoms with Crippen molar-refractivity contribution in [2.75, 3.05) is 20.8 Å². The van der Waals surface area contributed by atoms with Gasteiger partial charge in [-0.3, -0.25) is 4.57 Å². The summed E-state index contributed by atoms with van der Waals surface area (Å²) in [6.07, 6.45) is -3.94. The Hall–Kier alpha value is -5.82. The first-order valence-corrected chi connectivity index (χ1v) is 15.9. The van der Waals surface area contributed by atoms with Crippen LogP contribution in [0.4, 0.5) is 0 Å². The van der Waals surface area contributed by atoms with Gasteiger partial charge in [0, 0.05) is 6.42 Å². The van der Waals surface area contributed by atoms with Crippen LogP contribution in [0.5, 0.6) is 0 Å². The standard InChI is InChI=1S/C37H36N2O11/c1-4-5-21-27-38-28(36(43)45-2)29(37(44)46-3)39(27)32-31(50-35(42)25-19-13-8-14-20-25)30(49-34(41)24-17-11-7-12-18-24)26(48-32)22-47-33(40)23-15-9-6-10-16-23/h6-20,26,30-32H,4-5,21-22H2,1-3H3/t26-,30-,31-,32-/m1/s1. The summed E-state index contributed by atoms with van der Waals surface area (Å²) in [6.45, 7) is 1.50. The quantitative estimate of drug-likeness (QED) is 0.137. The molecule has 1 aliphatic heterocycles. The maximum Gasteiger partial charge on any atom is 0.359 e. The molecule has 0 amide bonds. The molecule has 1 saturated heterocycles. The molecule has 4 atom stereocenters. The van der Waals surface area contributed by atoms with Gasteiger partial charge >= 0.3 is 29.8 Å². The van der Waals surface area contributed by atoms with Crippen molar-refractivity contribution in [3.8, 4) is 0 Å². The van der Waals surface area contributed by atoms with Crippen LogP contribution < -0.4 is 0 Å². The van der Waals surface area contributed by atoms with E-state index in [1.54, 1.807) is 78.9 Å². The molecule has 0 bridgehead atoms. The third-order valence-electron chi connectivity index (χ3n) is 7.93. The first-order chi connectivity index (χ1) is 24.3. The van der Waals surface area contributed by atoms with Gasteiger partial charge in [0.25, 0.3) is 0 Å². The average Bonchev–Trinajstić information content (AvgIpc) is 3.70. The molecule has 13 nitrogen and oxygen atoms in total. The summed E-state index contributed by atoms with van der Waals surface area (Å²) < 4.78 is 35.4. The van der Waals surface area contributed by atoms with Gasteiger partial charge in [0.05, 0.1) is 30.9 Å². The topological polar surface area (TPSA) is 159 Å². The number of hydrogen-bond donors (Lipinski definition) is 0. The van der Waals surface area contributed by atoms with Crippen LogP contribution in [0, 0.1) is 0 Å². The Labute approximate surface area is 288 Å². The van der Waals surface area contributed by atoms with E-state index in [-0.39, 0.29) is 40.3 Å². The third kappa shape index (κ3) is 7.90. The smallest absolute Gasteiger partial charge is 0.359 e. The van der Waals surface area contributed by atoms with Crippen molar-refractivity contribution in [3.63, 3.8) is 0 Å². The van der Waals surface area contributed by atoms with Crippen LogP contribution >= 0.6 is 0 Å². The van der Waals surface area contributed by atoms with Crippen molar-refractivity contribution < 1.29 is 52.4 Å². The highest BCUT2D eigenvalue weighted by Gasteiger charge is 2.53. The number of carbonyl (C=O) groups is 5. The maximum atomic E-state index is 13.6. The molecule has 0 N–H and O–H groups in total. The molecule has 260 valence electrons. The van der Waals surface area contributed by atoms with Gasteiger partial charge in [-0.05, 0) is 42.8 Å². The highest BCUT2D eigenvalue weighted by Crippen LogP contribution is 2.38. The molecule has 0 unspecified atom stereocenters. The Morgan fingerprint density at radius 1 is 0.680 bits per heavy atom. The number of hydrogen-bond acceptors (Lipinski definition) is 12. The summed E-state index contributed by atoms with van der Waals surface area (Å²) in [4.78, 5) is 70.9. The minimum Gasteiger partial charge on any atom is -0.464 e. The highest BCUT2D eigenvalue weighted by atomic mass is 16.7. The lowest BCUT2D eigenvalue weighted by atomic mass is 10.1. The van der Waals surface area contributed by atoms with Crippen molar-refractivity contribution in [1.29, 1.82) is 0 Å². The van der Waals surface area contributed by atoms with Crippen molar-refractivity contribution in [1.82, 2.24) is 9.55 Å². The van der Waals surface area contributed by atoms with Crippen molar-refractivity contribution in [2.45, 2.75) is 50.7 Å².